The minimum Gasteiger partial charge on any atom is -0.356 e. The van der Waals surface area contributed by atoms with Crippen molar-refractivity contribution in [1.29, 1.82) is 0 Å². The SMILES string of the molecule is Cc1cccc2c(=O)n(CCC(=O)NCCC(=O)N3CCCC3)cnc12. The number of likely N-dealkylation sites (tertiary alicyclic amines) is 1. The van der Waals surface area contributed by atoms with Gasteiger partial charge in [-0.25, -0.2) is 4.98 Å². The first-order valence-corrected chi connectivity index (χ1v) is 9.05. The smallest absolute Gasteiger partial charge is 0.261 e. The van der Waals surface area contributed by atoms with E-state index in [-0.39, 0.29) is 30.3 Å². The number of hydrogen-bond acceptors (Lipinski definition) is 4. The molecule has 0 bridgehead atoms. The molecule has 26 heavy (non-hydrogen) atoms. The number of benzene rings is 1. The highest BCUT2D eigenvalue weighted by Crippen LogP contribution is 2.11. The molecule has 0 atom stereocenters. The number of aromatic nitrogens is 2. The lowest BCUT2D eigenvalue weighted by Crippen LogP contribution is -2.33. The molecule has 1 N–H and O–H groups in total. The third-order valence-corrected chi connectivity index (χ3v) is 4.75. The van der Waals surface area contributed by atoms with Crippen molar-refractivity contribution in [3.63, 3.8) is 0 Å². The lowest BCUT2D eigenvalue weighted by molar-refractivity contribution is -0.130. The maximum absolute atomic E-state index is 12.5. The molecule has 1 aliphatic rings. The zero-order valence-corrected chi connectivity index (χ0v) is 15.0. The molecule has 2 heterocycles. The number of rotatable bonds is 6. The Labute approximate surface area is 152 Å². The second kappa shape index (κ2) is 8.12. The first-order chi connectivity index (χ1) is 12.6. The van der Waals surface area contributed by atoms with Crippen LogP contribution in [-0.4, -0.2) is 45.9 Å². The Morgan fingerprint density at radius 2 is 1.96 bits per heavy atom. The van der Waals surface area contributed by atoms with Gasteiger partial charge < -0.3 is 10.2 Å². The van der Waals surface area contributed by atoms with Gasteiger partial charge in [-0.1, -0.05) is 12.1 Å². The molecule has 0 radical (unpaired) electrons. The van der Waals surface area contributed by atoms with E-state index in [0.717, 1.165) is 31.5 Å². The van der Waals surface area contributed by atoms with Crippen LogP contribution in [0.5, 0.6) is 0 Å². The lowest BCUT2D eigenvalue weighted by Gasteiger charge is -2.15. The van der Waals surface area contributed by atoms with Crippen molar-refractivity contribution in [2.75, 3.05) is 19.6 Å². The Hall–Kier alpha value is -2.70. The van der Waals surface area contributed by atoms with E-state index in [1.165, 1.54) is 10.9 Å². The summed E-state index contributed by atoms with van der Waals surface area (Å²) in [5, 5.41) is 3.31. The molecular weight excluding hydrogens is 332 g/mol. The van der Waals surface area contributed by atoms with E-state index in [4.69, 9.17) is 0 Å². The fourth-order valence-electron chi connectivity index (χ4n) is 3.24. The molecular formula is C19H24N4O3. The normalized spacial score (nSPS) is 14.0. The summed E-state index contributed by atoms with van der Waals surface area (Å²) < 4.78 is 1.46. The Morgan fingerprint density at radius 3 is 2.73 bits per heavy atom. The summed E-state index contributed by atoms with van der Waals surface area (Å²) in [6.45, 7) is 4.16. The molecule has 0 unspecified atom stereocenters. The van der Waals surface area contributed by atoms with Crippen LogP contribution in [-0.2, 0) is 16.1 Å². The van der Waals surface area contributed by atoms with E-state index in [9.17, 15) is 14.4 Å². The average molecular weight is 356 g/mol. The number of carbonyl (C=O) groups excluding carboxylic acids is 2. The lowest BCUT2D eigenvalue weighted by atomic mass is 10.1. The van der Waals surface area contributed by atoms with Gasteiger partial charge in [-0.2, -0.15) is 0 Å². The molecule has 0 aliphatic carbocycles. The summed E-state index contributed by atoms with van der Waals surface area (Å²) in [6.07, 6.45) is 4.11. The number of nitrogens with one attached hydrogen (secondary N) is 1. The Morgan fingerprint density at radius 1 is 1.19 bits per heavy atom. The maximum atomic E-state index is 12.5. The Kier molecular flexibility index (Phi) is 5.65. The number of carbonyl (C=O) groups is 2. The first-order valence-electron chi connectivity index (χ1n) is 9.05. The van der Waals surface area contributed by atoms with Crippen molar-refractivity contribution in [2.24, 2.45) is 0 Å². The summed E-state index contributed by atoms with van der Waals surface area (Å²) in [5.74, 6) is -0.0800. The van der Waals surface area contributed by atoms with Gasteiger partial charge in [-0.05, 0) is 31.4 Å². The summed E-state index contributed by atoms with van der Waals surface area (Å²) >= 11 is 0. The van der Waals surface area contributed by atoms with E-state index < -0.39 is 0 Å². The number of fused-ring (bicyclic) bond motifs is 1. The number of hydrogen-bond donors (Lipinski definition) is 1. The van der Waals surface area contributed by atoms with Gasteiger partial charge in [0.1, 0.15) is 0 Å². The van der Waals surface area contributed by atoms with E-state index in [0.29, 0.717) is 23.9 Å². The third-order valence-electron chi connectivity index (χ3n) is 4.75. The molecule has 1 aromatic carbocycles. The molecule has 1 aromatic heterocycles. The number of aryl methyl sites for hydroxylation is 2. The second-order valence-electron chi connectivity index (χ2n) is 6.65. The number of amides is 2. The molecule has 1 saturated heterocycles. The van der Waals surface area contributed by atoms with Crippen molar-refractivity contribution in [2.45, 2.75) is 39.2 Å². The van der Waals surface area contributed by atoms with Crippen molar-refractivity contribution in [3.05, 3.63) is 40.4 Å². The van der Waals surface area contributed by atoms with Gasteiger partial charge in [0.15, 0.2) is 0 Å². The van der Waals surface area contributed by atoms with Crippen LogP contribution in [0.1, 0.15) is 31.2 Å². The minimum atomic E-state index is -0.171. The molecule has 138 valence electrons. The van der Waals surface area contributed by atoms with Crippen LogP contribution >= 0.6 is 0 Å². The van der Waals surface area contributed by atoms with Gasteiger partial charge in [-0.15, -0.1) is 0 Å². The van der Waals surface area contributed by atoms with E-state index in [2.05, 4.69) is 10.3 Å². The fourth-order valence-corrected chi connectivity index (χ4v) is 3.24. The van der Waals surface area contributed by atoms with Crippen LogP contribution in [0, 0.1) is 6.92 Å². The minimum absolute atomic E-state index is 0.0909. The van der Waals surface area contributed by atoms with Crippen molar-refractivity contribution < 1.29 is 9.59 Å². The standard InChI is InChI=1S/C19H24N4O3/c1-14-5-4-6-15-18(14)21-13-23(19(15)26)12-8-16(24)20-9-7-17(25)22-10-2-3-11-22/h4-6,13H,2-3,7-12H2,1H3,(H,20,24). The summed E-state index contributed by atoms with van der Waals surface area (Å²) in [5.41, 5.74) is 1.50. The zero-order chi connectivity index (χ0) is 18.5. The van der Waals surface area contributed by atoms with Gasteiger partial charge in [0, 0.05) is 39.0 Å². The fraction of sp³-hybridized carbons (Fsp3) is 0.474. The molecule has 2 aromatic rings. The monoisotopic (exact) mass is 356 g/mol. The number of para-hydroxylation sites is 1. The number of nitrogens with zero attached hydrogens (tertiary/aromatic N) is 3. The quantitative estimate of drug-likeness (QED) is 0.844. The zero-order valence-electron chi connectivity index (χ0n) is 15.0. The van der Waals surface area contributed by atoms with Gasteiger partial charge in [0.25, 0.3) is 5.56 Å². The highest BCUT2D eigenvalue weighted by atomic mass is 16.2. The van der Waals surface area contributed by atoms with Crippen molar-refractivity contribution in [3.8, 4) is 0 Å². The Bertz CT molecular complexity index is 869. The van der Waals surface area contributed by atoms with Crippen LogP contribution in [0.15, 0.2) is 29.3 Å². The van der Waals surface area contributed by atoms with Crippen molar-refractivity contribution in [1.82, 2.24) is 19.8 Å². The second-order valence-corrected chi connectivity index (χ2v) is 6.65. The average Bonchev–Trinajstić information content (AvgIpc) is 3.16. The van der Waals surface area contributed by atoms with Crippen LogP contribution in [0.25, 0.3) is 10.9 Å². The topological polar surface area (TPSA) is 84.3 Å². The molecule has 3 rings (SSSR count). The Balaban J connectivity index is 1.50. The highest BCUT2D eigenvalue weighted by molar-refractivity contribution is 5.81. The predicted molar refractivity (Wildman–Crippen MR) is 98.8 cm³/mol. The van der Waals surface area contributed by atoms with Crippen LogP contribution < -0.4 is 10.9 Å². The van der Waals surface area contributed by atoms with Crippen LogP contribution in [0.3, 0.4) is 0 Å². The summed E-state index contributed by atoms with van der Waals surface area (Å²) in [6, 6.07) is 5.49. The van der Waals surface area contributed by atoms with Crippen LogP contribution in [0.4, 0.5) is 0 Å². The summed E-state index contributed by atoms with van der Waals surface area (Å²) in [4.78, 5) is 42.6. The van der Waals surface area contributed by atoms with E-state index in [1.54, 1.807) is 6.07 Å². The van der Waals surface area contributed by atoms with Gasteiger partial charge in [-0.3, -0.25) is 19.0 Å². The summed E-state index contributed by atoms with van der Waals surface area (Å²) in [7, 11) is 0. The molecule has 7 nitrogen and oxygen atoms in total. The van der Waals surface area contributed by atoms with Gasteiger partial charge in [0.2, 0.25) is 11.8 Å². The predicted octanol–water partition coefficient (Wildman–Crippen LogP) is 1.22. The van der Waals surface area contributed by atoms with Crippen LogP contribution in [0.2, 0.25) is 0 Å². The molecule has 1 fully saturated rings. The molecule has 0 spiro atoms. The first kappa shape index (κ1) is 18.1. The molecule has 2 amide bonds. The van der Waals surface area contributed by atoms with Gasteiger partial charge in [0.05, 0.1) is 17.2 Å². The van der Waals surface area contributed by atoms with E-state index >= 15 is 0 Å². The molecule has 0 saturated carbocycles. The largest absolute Gasteiger partial charge is 0.356 e. The van der Waals surface area contributed by atoms with Gasteiger partial charge >= 0.3 is 0 Å². The maximum Gasteiger partial charge on any atom is 0.261 e. The molecule has 7 heteroatoms. The molecule has 1 aliphatic heterocycles. The van der Waals surface area contributed by atoms with E-state index in [1.807, 2.05) is 24.0 Å². The van der Waals surface area contributed by atoms with Crippen molar-refractivity contribution >= 4 is 22.7 Å². The third kappa shape index (κ3) is 4.09. The highest BCUT2D eigenvalue weighted by Gasteiger charge is 2.17.